The first-order valence-electron chi connectivity index (χ1n) is 6.79. The number of benzene rings is 1. The second kappa shape index (κ2) is 5.71. The standard InChI is InChI=1S/C15H18FNO4/c1-15(14(19)20)7-3-4-8-17(15)13(18)11-6-5-10(21-2)9-12(11)16/h5-6,9H,3-4,7-8H2,1-2H3,(H,19,20). The van der Waals surface area contributed by atoms with Crippen LogP contribution < -0.4 is 4.74 Å². The van der Waals surface area contributed by atoms with Gasteiger partial charge in [-0.05, 0) is 38.3 Å². The molecule has 0 spiro atoms. The third kappa shape index (κ3) is 2.70. The molecule has 114 valence electrons. The van der Waals surface area contributed by atoms with Gasteiger partial charge in [0, 0.05) is 12.6 Å². The molecule has 1 aromatic rings. The molecule has 0 bridgehead atoms. The van der Waals surface area contributed by atoms with Crippen LogP contribution in [0.15, 0.2) is 18.2 Å². The van der Waals surface area contributed by atoms with E-state index in [9.17, 15) is 19.1 Å². The lowest BCUT2D eigenvalue weighted by molar-refractivity contribution is -0.150. The van der Waals surface area contributed by atoms with Crippen molar-refractivity contribution in [2.45, 2.75) is 31.7 Å². The fourth-order valence-electron chi connectivity index (χ4n) is 2.61. The quantitative estimate of drug-likeness (QED) is 0.929. The van der Waals surface area contributed by atoms with Crippen molar-refractivity contribution in [3.05, 3.63) is 29.6 Å². The summed E-state index contributed by atoms with van der Waals surface area (Å²) in [6, 6.07) is 3.93. The molecule has 0 aliphatic carbocycles. The van der Waals surface area contributed by atoms with Crippen LogP contribution in [0.4, 0.5) is 4.39 Å². The predicted octanol–water partition coefficient (Wildman–Crippen LogP) is 2.30. The number of rotatable bonds is 3. The Bertz CT molecular complexity index is 575. The van der Waals surface area contributed by atoms with Crippen LogP contribution in [0, 0.1) is 5.82 Å². The van der Waals surface area contributed by atoms with Crippen LogP contribution in [0.25, 0.3) is 0 Å². The van der Waals surface area contributed by atoms with Gasteiger partial charge in [-0.2, -0.15) is 0 Å². The fourth-order valence-corrected chi connectivity index (χ4v) is 2.61. The van der Waals surface area contributed by atoms with Crippen molar-refractivity contribution in [3.8, 4) is 5.75 Å². The lowest BCUT2D eigenvalue weighted by Gasteiger charge is -2.41. The summed E-state index contributed by atoms with van der Waals surface area (Å²) in [6.45, 7) is 1.82. The van der Waals surface area contributed by atoms with Crippen LogP contribution in [-0.2, 0) is 4.79 Å². The van der Waals surface area contributed by atoms with Crippen molar-refractivity contribution in [1.29, 1.82) is 0 Å². The van der Waals surface area contributed by atoms with E-state index in [-0.39, 0.29) is 5.56 Å². The Balaban J connectivity index is 2.36. The Morgan fingerprint density at radius 2 is 2.10 bits per heavy atom. The minimum Gasteiger partial charge on any atom is -0.497 e. The van der Waals surface area contributed by atoms with Gasteiger partial charge in [-0.1, -0.05) is 0 Å². The van der Waals surface area contributed by atoms with E-state index in [2.05, 4.69) is 0 Å². The number of aliphatic carboxylic acids is 1. The van der Waals surface area contributed by atoms with E-state index in [0.29, 0.717) is 25.1 Å². The van der Waals surface area contributed by atoms with Gasteiger partial charge in [-0.3, -0.25) is 4.79 Å². The Labute approximate surface area is 122 Å². The summed E-state index contributed by atoms with van der Waals surface area (Å²) in [6.07, 6.45) is 1.82. The summed E-state index contributed by atoms with van der Waals surface area (Å²) in [4.78, 5) is 25.3. The third-order valence-corrected chi connectivity index (χ3v) is 4.00. The highest BCUT2D eigenvalue weighted by Crippen LogP contribution is 2.30. The van der Waals surface area contributed by atoms with Crippen molar-refractivity contribution in [1.82, 2.24) is 4.90 Å². The Morgan fingerprint density at radius 1 is 1.38 bits per heavy atom. The number of hydrogen-bond donors (Lipinski definition) is 1. The summed E-state index contributed by atoms with van der Waals surface area (Å²) in [5, 5.41) is 9.41. The maximum Gasteiger partial charge on any atom is 0.329 e. The number of halogens is 1. The van der Waals surface area contributed by atoms with Crippen LogP contribution >= 0.6 is 0 Å². The summed E-state index contributed by atoms with van der Waals surface area (Å²) >= 11 is 0. The van der Waals surface area contributed by atoms with Crippen LogP contribution in [0.1, 0.15) is 36.5 Å². The minimum atomic E-state index is -1.29. The summed E-state index contributed by atoms with van der Waals surface area (Å²) in [7, 11) is 1.41. The maximum atomic E-state index is 14.0. The molecule has 1 unspecified atom stereocenters. The van der Waals surface area contributed by atoms with Crippen molar-refractivity contribution in [3.63, 3.8) is 0 Å². The highest BCUT2D eigenvalue weighted by Gasteiger charge is 2.44. The molecule has 5 nitrogen and oxygen atoms in total. The maximum absolute atomic E-state index is 14.0. The van der Waals surface area contributed by atoms with E-state index in [4.69, 9.17) is 4.74 Å². The average Bonchev–Trinajstić information content (AvgIpc) is 2.46. The number of methoxy groups -OCH3 is 1. The zero-order valence-corrected chi connectivity index (χ0v) is 12.1. The predicted molar refractivity (Wildman–Crippen MR) is 73.9 cm³/mol. The SMILES string of the molecule is COc1ccc(C(=O)N2CCCCC2(C)C(=O)O)c(F)c1. The van der Waals surface area contributed by atoms with Gasteiger partial charge in [-0.25, -0.2) is 9.18 Å². The number of carboxylic acid groups (broad SMARTS) is 1. The second-order valence-corrected chi connectivity index (χ2v) is 5.34. The summed E-state index contributed by atoms with van der Waals surface area (Å²) < 4.78 is 18.9. The van der Waals surface area contributed by atoms with Gasteiger partial charge in [-0.15, -0.1) is 0 Å². The number of carbonyl (C=O) groups excluding carboxylic acids is 1. The van der Waals surface area contributed by atoms with E-state index in [0.717, 1.165) is 12.5 Å². The zero-order valence-electron chi connectivity index (χ0n) is 12.1. The molecule has 21 heavy (non-hydrogen) atoms. The van der Waals surface area contributed by atoms with Crippen molar-refractivity contribution in [2.75, 3.05) is 13.7 Å². The van der Waals surface area contributed by atoms with E-state index in [1.54, 1.807) is 0 Å². The first kappa shape index (κ1) is 15.3. The number of hydrogen-bond acceptors (Lipinski definition) is 3. The van der Waals surface area contributed by atoms with Crippen molar-refractivity contribution < 1.29 is 23.8 Å². The van der Waals surface area contributed by atoms with E-state index in [1.165, 1.54) is 31.1 Å². The molecule has 1 aromatic carbocycles. The topological polar surface area (TPSA) is 66.8 Å². The Morgan fingerprint density at radius 3 is 2.67 bits per heavy atom. The van der Waals surface area contributed by atoms with Crippen LogP contribution in [0.5, 0.6) is 5.75 Å². The first-order chi connectivity index (χ1) is 9.90. The summed E-state index contributed by atoms with van der Waals surface area (Å²) in [5.74, 6) is -2.06. The van der Waals surface area contributed by atoms with E-state index in [1.807, 2.05) is 0 Å². The van der Waals surface area contributed by atoms with Crippen molar-refractivity contribution >= 4 is 11.9 Å². The molecule has 1 atom stereocenters. The number of amides is 1. The molecule has 2 rings (SSSR count). The molecule has 1 aliphatic heterocycles. The highest BCUT2D eigenvalue weighted by atomic mass is 19.1. The lowest BCUT2D eigenvalue weighted by atomic mass is 9.88. The van der Waals surface area contributed by atoms with Crippen molar-refractivity contribution in [2.24, 2.45) is 0 Å². The monoisotopic (exact) mass is 295 g/mol. The van der Waals surface area contributed by atoms with E-state index < -0.39 is 23.2 Å². The molecule has 0 radical (unpaired) electrons. The molecule has 1 N–H and O–H groups in total. The Kier molecular flexibility index (Phi) is 4.16. The van der Waals surface area contributed by atoms with E-state index >= 15 is 0 Å². The zero-order chi connectivity index (χ0) is 15.6. The summed E-state index contributed by atoms with van der Waals surface area (Å²) in [5.41, 5.74) is -1.42. The first-order valence-corrected chi connectivity index (χ1v) is 6.79. The van der Waals surface area contributed by atoms with Gasteiger partial charge in [0.15, 0.2) is 0 Å². The van der Waals surface area contributed by atoms with Gasteiger partial charge in [0.1, 0.15) is 17.1 Å². The van der Waals surface area contributed by atoms with Gasteiger partial charge in [0.25, 0.3) is 5.91 Å². The van der Waals surface area contributed by atoms with Crippen LogP contribution in [0.3, 0.4) is 0 Å². The normalized spacial score (nSPS) is 22.0. The van der Waals surface area contributed by atoms with Crippen LogP contribution in [0.2, 0.25) is 0 Å². The Hall–Kier alpha value is -2.11. The molecule has 0 saturated carbocycles. The minimum absolute atomic E-state index is 0.134. The number of ether oxygens (including phenoxy) is 1. The van der Waals surface area contributed by atoms with Crippen LogP contribution in [-0.4, -0.2) is 41.1 Å². The highest BCUT2D eigenvalue weighted by molar-refractivity contribution is 5.98. The number of nitrogens with zero attached hydrogens (tertiary/aromatic N) is 1. The number of carbonyl (C=O) groups is 2. The van der Waals surface area contributed by atoms with Gasteiger partial charge in [0.2, 0.25) is 0 Å². The molecular formula is C15H18FNO4. The number of piperidine rings is 1. The number of carboxylic acids is 1. The molecule has 0 aromatic heterocycles. The number of likely N-dealkylation sites (tertiary alicyclic amines) is 1. The van der Waals surface area contributed by atoms with Gasteiger partial charge in [0.05, 0.1) is 12.7 Å². The molecule has 1 saturated heterocycles. The molecular weight excluding hydrogens is 277 g/mol. The molecule has 1 aliphatic rings. The fraction of sp³-hybridized carbons (Fsp3) is 0.467. The van der Waals surface area contributed by atoms with Gasteiger partial charge < -0.3 is 14.7 Å². The molecule has 6 heteroatoms. The average molecular weight is 295 g/mol. The third-order valence-electron chi connectivity index (χ3n) is 4.00. The molecule has 1 amide bonds. The largest absolute Gasteiger partial charge is 0.497 e. The lowest BCUT2D eigenvalue weighted by Crippen LogP contribution is -2.57. The second-order valence-electron chi connectivity index (χ2n) is 5.34. The van der Waals surface area contributed by atoms with Gasteiger partial charge >= 0.3 is 5.97 Å². The molecule has 1 heterocycles. The molecule has 1 fully saturated rings. The smallest absolute Gasteiger partial charge is 0.329 e.